The van der Waals surface area contributed by atoms with Crippen molar-refractivity contribution in [2.45, 2.75) is 32.9 Å². The molecule has 0 amide bonds. The van der Waals surface area contributed by atoms with E-state index >= 15 is 0 Å². The maximum Gasteiger partial charge on any atom is 0.0721 e. The van der Waals surface area contributed by atoms with Gasteiger partial charge in [-0.3, -0.25) is 0 Å². The quantitative estimate of drug-likeness (QED) is 0.840. The molecule has 2 rings (SSSR count). The molecule has 0 bridgehead atoms. The van der Waals surface area contributed by atoms with Crippen LogP contribution in [-0.2, 0) is 11.3 Å². The van der Waals surface area contributed by atoms with Crippen molar-refractivity contribution < 1.29 is 4.74 Å². The van der Waals surface area contributed by atoms with Gasteiger partial charge in [0.15, 0.2) is 0 Å². The first-order chi connectivity index (χ1) is 7.81. The Bertz CT molecular complexity index is 337. The van der Waals surface area contributed by atoms with E-state index in [0.717, 1.165) is 25.7 Å². The van der Waals surface area contributed by atoms with Gasteiger partial charge in [-0.15, -0.1) is 0 Å². The second-order valence-corrected chi connectivity index (χ2v) is 4.69. The van der Waals surface area contributed by atoms with Gasteiger partial charge in [-0.25, -0.2) is 0 Å². The molecule has 1 aromatic rings. The Morgan fingerprint density at radius 3 is 3.06 bits per heavy atom. The number of ether oxygens (including phenoxy) is 1. The largest absolute Gasteiger partial charge is 0.375 e. The topological polar surface area (TPSA) is 21.3 Å². The molecule has 0 aromatic heterocycles. The van der Waals surface area contributed by atoms with Gasteiger partial charge in [0.1, 0.15) is 0 Å². The van der Waals surface area contributed by atoms with Gasteiger partial charge in [-0.2, -0.15) is 0 Å². The molecule has 2 heteroatoms. The Balaban J connectivity index is 2.01. The number of fused-ring (bicyclic) bond motifs is 1. The normalized spacial score (nSPS) is 21.5. The van der Waals surface area contributed by atoms with Crippen LogP contribution in [0.2, 0.25) is 0 Å². The van der Waals surface area contributed by atoms with Crippen LogP contribution in [0.3, 0.4) is 0 Å². The molecule has 1 heterocycles. The summed E-state index contributed by atoms with van der Waals surface area (Å²) in [6.45, 7) is 7.14. The van der Waals surface area contributed by atoms with Crippen LogP contribution in [0.15, 0.2) is 24.3 Å². The molecule has 0 spiro atoms. The lowest BCUT2D eigenvalue weighted by molar-refractivity contribution is 0.0810. The summed E-state index contributed by atoms with van der Waals surface area (Å²) in [5.74, 6) is 0.731. The van der Waals surface area contributed by atoms with Crippen molar-refractivity contribution in [3.8, 4) is 0 Å². The van der Waals surface area contributed by atoms with E-state index in [9.17, 15) is 0 Å². The van der Waals surface area contributed by atoms with E-state index in [1.54, 1.807) is 0 Å². The van der Waals surface area contributed by atoms with Crippen LogP contribution in [0, 0.1) is 5.92 Å². The van der Waals surface area contributed by atoms with Crippen LogP contribution in [0.4, 0.5) is 0 Å². The lowest BCUT2D eigenvalue weighted by Crippen LogP contribution is -2.32. The van der Waals surface area contributed by atoms with Gasteiger partial charge in [0, 0.05) is 0 Å². The summed E-state index contributed by atoms with van der Waals surface area (Å²) in [6.07, 6.45) is 1.22. The first-order valence-electron chi connectivity index (χ1n) is 6.20. The summed E-state index contributed by atoms with van der Waals surface area (Å²) in [6, 6.07) is 8.94. The molecule has 2 nitrogen and oxygen atoms in total. The average molecular weight is 219 g/mol. The minimum Gasteiger partial charge on any atom is -0.375 e. The Morgan fingerprint density at radius 1 is 1.44 bits per heavy atom. The predicted molar refractivity (Wildman–Crippen MR) is 66.3 cm³/mol. The molecule has 2 atom stereocenters. The summed E-state index contributed by atoms with van der Waals surface area (Å²) in [5, 5.41) is 3.60. The molecule has 1 aromatic carbocycles. The van der Waals surface area contributed by atoms with Gasteiger partial charge in [0.25, 0.3) is 0 Å². The first-order valence-corrected chi connectivity index (χ1v) is 6.20. The van der Waals surface area contributed by atoms with Crippen molar-refractivity contribution in [3.63, 3.8) is 0 Å². The van der Waals surface area contributed by atoms with Crippen molar-refractivity contribution in [2.24, 2.45) is 5.92 Å². The highest BCUT2D eigenvalue weighted by atomic mass is 16.5. The Kier molecular flexibility index (Phi) is 3.97. The van der Waals surface area contributed by atoms with Gasteiger partial charge in [-0.05, 0) is 23.6 Å². The van der Waals surface area contributed by atoms with Crippen molar-refractivity contribution in [1.82, 2.24) is 5.32 Å². The molecule has 2 unspecified atom stereocenters. The van der Waals surface area contributed by atoms with Crippen molar-refractivity contribution in [1.29, 1.82) is 0 Å². The monoisotopic (exact) mass is 219 g/mol. The van der Waals surface area contributed by atoms with E-state index in [4.69, 9.17) is 4.74 Å². The first kappa shape index (κ1) is 11.6. The van der Waals surface area contributed by atoms with Crippen molar-refractivity contribution in [3.05, 3.63) is 35.4 Å². The van der Waals surface area contributed by atoms with Gasteiger partial charge in [0.05, 0.1) is 19.3 Å². The predicted octanol–water partition coefficient (Wildman–Crippen LogP) is 2.89. The fourth-order valence-electron chi connectivity index (χ4n) is 2.04. The van der Waals surface area contributed by atoms with Gasteiger partial charge in [0.2, 0.25) is 0 Å². The second-order valence-electron chi connectivity index (χ2n) is 4.69. The minimum absolute atomic E-state index is 0.374. The van der Waals surface area contributed by atoms with Gasteiger partial charge < -0.3 is 10.1 Å². The van der Waals surface area contributed by atoms with E-state index in [0.29, 0.717) is 6.04 Å². The Morgan fingerprint density at radius 2 is 2.25 bits per heavy atom. The molecule has 0 saturated carbocycles. The number of benzene rings is 1. The molecular weight excluding hydrogens is 198 g/mol. The third-order valence-corrected chi connectivity index (χ3v) is 3.38. The van der Waals surface area contributed by atoms with Gasteiger partial charge in [-0.1, -0.05) is 44.5 Å². The fourth-order valence-corrected chi connectivity index (χ4v) is 2.04. The van der Waals surface area contributed by atoms with Crippen molar-refractivity contribution >= 4 is 0 Å². The molecule has 88 valence electrons. The van der Waals surface area contributed by atoms with E-state index in [1.807, 2.05) is 0 Å². The van der Waals surface area contributed by atoms with Crippen LogP contribution in [0.25, 0.3) is 0 Å². The van der Waals surface area contributed by atoms with Crippen LogP contribution < -0.4 is 5.32 Å². The summed E-state index contributed by atoms with van der Waals surface area (Å²) >= 11 is 0. The smallest absolute Gasteiger partial charge is 0.0721 e. The maximum absolute atomic E-state index is 5.61. The summed E-state index contributed by atoms with van der Waals surface area (Å²) in [7, 11) is 0. The Labute approximate surface area is 98.0 Å². The molecule has 1 aliphatic rings. The zero-order valence-corrected chi connectivity index (χ0v) is 10.2. The number of hydrogen-bond donors (Lipinski definition) is 1. The molecule has 0 fully saturated rings. The standard InChI is InChI=1S/C14H21NO/c1-3-11(2)8-15-14-10-16-9-12-6-4-5-7-13(12)14/h4-7,11,14-15H,3,8-10H2,1-2H3. The van der Waals surface area contributed by atoms with Crippen LogP contribution in [-0.4, -0.2) is 13.2 Å². The molecule has 1 N–H and O–H groups in total. The summed E-state index contributed by atoms with van der Waals surface area (Å²) in [5.41, 5.74) is 2.74. The van der Waals surface area contributed by atoms with Crippen LogP contribution in [0.1, 0.15) is 37.4 Å². The van der Waals surface area contributed by atoms with Crippen molar-refractivity contribution in [2.75, 3.05) is 13.2 Å². The lowest BCUT2D eigenvalue weighted by Gasteiger charge is -2.27. The number of nitrogens with one attached hydrogen (secondary N) is 1. The number of hydrogen-bond acceptors (Lipinski definition) is 2. The maximum atomic E-state index is 5.61. The fraction of sp³-hybridized carbons (Fsp3) is 0.571. The highest BCUT2D eigenvalue weighted by Crippen LogP contribution is 2.24. The third kappa shape index (κ3) is 2.63. The van der Waals surface area contributed by atoms with E-state index < -0.39 is 0 Å². The Hall–Kier alpha value is -0.860. The average Bonchev–Trinajstić information content (AvgIpc) is 2.35. The SMILES string of the molecule is CCC(C)CNC1COCc2ccccc21. The van der Waals surface area contributed by atoms with Crippen LogP contribution >= 0.6 is 0 Å². The minimum atomic E-state index is 0.374. The summed E-state index contributed by atoms with van der Waals surface area (Å²) < 4.78 is 5.61. The van der Waals surface area contributed by atoms with E-state index in [1.165, 1.54) is 17.5 Å². The zero-order valence-electron chi connectivity index (χ0n) is 10.2. The molecule has 0 aliphatic carbocycles. The summed E-state index contributed by atoms with van der Waals surface area (Å²) in [4.78, 5) is 0. The van der Waals surface area contributed by atoms with E-state index in [2.05, 4.69) is 43.4 Å². The third-order valence-electron chi connectivity index (χ3n) is 3.38. The lowest BCUT2D eigenvalue weighted by atomic mass is 9.98. The number of rotatable bonds is 4. The van der Waals surface area contributed by atoms with E-state index in [-0.39, 0.29) is 0 Å². The molecule has 0 radical (unpaired) electrons. The molecule has 0 saturated heterocycles. The van der Waals surface area contributed by atoms with Gasteiger partial charge >= 0.3 is 0 Å². The highest BCUT2D eigenvalue weighted by Gasteiger charge is 2.19. The second kappa shape index (κ2) is 5.46. The molecule has 1 aliphatic heterocycles. The zero-order chi connectivity index (χ0) is 11.4. The van der Waals surface area contributed by atoms with Crippen LogP contribution in [0.5, 0.6) is 0 Å². The highest BCUT2D eigenvalue weighted by molar-refractivity contribution is 5.30. The molecular formula is C14H21NO. The molecule has 16 heavy (non-hydrogen) atoms.